The van der Waals surface area contributed by atoms with Crippen LogP contribution < -0.4 is 5.32 Å². The molecule has 0 radical (unpaired) electrons. The summed E-state index contributed by atoms with van der Waals surface area (Å²) in [5.41, 5.74) is 4.44. The molecule has 2 rings (SSSR count). The van der Waals surface area contributed by atoms with Gasteiger partial charge in [-0.15, -0.1) is 0 Å². The lowest BCUT2D eigenvalue weighted by Gasteiger charge is -2.23. The highest BCUT2D eigenvalue weighted by atomic mass is 14.9. The van der Waals surface area contributed by atoms with Gasteiger partial charge in [-0.05, 0) is 55.8 Å². The molecule has 1 aliphatic carbocycles. The summed E-state index contributed by atoms with van der Waals surface area (Å²) in [7, 11) is 0. The quantitative estimate of drug-likeness (QED) is 0.775. The first-order valence-corrected chi connectivity index (χ1v) is 7.02. The summed E-state index contributed by atoms with van der Waals surface area (Å²) < 4.78 is 0. The first-order chi connectivity index (χ1) is 8.22. The molecule has 1 heteroatoms. The highest BCUT2D eigenvalue weighted by Crippen LogP contribution is 2.39. The third-order valence-corrected chi connectivity index (χ3v) is 3.80. The normalized spacial score (nSPS) is 17.1. The molecule has 0 heterocycles. The van der Waals surface area contributed by atoms with Gasteiger partial charge in [0.15, 0.2) is 0 Å². The zero-order chi connectivity index (χ0) is 12.3. The molecule has 17 heavy (non-hydrogen) atoms. The van der Waals surface area contributed by atoms with E-state index in [-0.39, 0.29) is 0 Å². The molecule has 0 saturated heterocycles. The Labute approximate surface area is 106 Å². The highest BCUT2D eigenvalue weighted by molar-refractivity contribution is 5.36. The van der Waals surface area contributed by atoms with Crippen molar-refractivity contribution in [1.29, 1.82) is 0 Å². The SMILES string of the molecule is CCCNC(CC1CC1)c1c(C)cccc1C. The van der Waals surface area contributed by atoms with E-state index in [4.69, 9.17) is 0 Å². The van der Waals surface area contributed by atoms with Crippen LogP contribution in [0.25, 0.3) is 0 Å². The molecule has 0 amide bonds. The van der Waals surface area contributed by atoms with Crippen molar-refractivity contribution in [3.05, 3.63) is 34.9 Å². The Bertz CT molecular complexity index is 346. The van der Waals surface area contributed by atoms with Crippen LogP contribution in [0.3, 0.4) is 0 Å². The van der Waals surface area contributed by atoms with Crippen molar-refractivity contribution in [2.24, 2.45) is 5.92 Å². The summed E-state index contributed by atoms with van der Waals surface area (Å²) in [6, 6.07) is 7.23. The monoisotopic (exact) mass is 231 g/mol. The van der Waals surface area contributed by atoms with Crippen molar-refractivity contribution in [3.8, 4) is 0 Å². The van der Waals surface area contributed by atoms with Crippen LogP contribution in [0.15, 0.2) is 18.2 Å². The molecular formula is C16H25N. The van der Waals surface area contributed by atoms with Crippen molar-refractivity contribution in [2.75, 3.05) is 6.54 Å². The Kier molecular flexibility index (Phi) is 4.22. The van der Waals surface area contributed by atoms with Gasteiger partial charge in [-0.3, -0.25) is 0 Å². The summed E-state index contributed by atoms with van der Waals surface area (Å²) in [5, 5.41) is 3.74. The number of nitrogens with one attached hydrogen (secondary N) is 1. The second-order valence-corrected chi connectivity index (χ2v) is 5.49. The Morgan fingerprint density at radius 3 is 2.41 bits per heavy atom. The van der Waals surface area contributed by atoms with Gasteiger partial charge in [0.1, 0.15) is 0 Å². The molecule has 1 saturated carbocycles. The van der Waals surface area contributed by atoms with Crippen molar-refractivity contribution >= 4 is 0 Å². The predicted octanol–water partition coefficient (Wildman–Crippen LogP) is 4.14. The van der Waals surface area contributed by atoms with Crippen LogP contribution >= 0.6 is 0 Å². The number of benzene rings is 1. The molecule has 1 nitrogen and oxygen atoms in total. The lowest BCUT2D eigenvalue weighted by molar-refractivity contribution is 0.470. The molecule has 1 aromatic rings. The minimum absolute atomic E-state index is 0.573. The molecule has 1 atom stereocenters. The largest absolute Gasteiger partial charge is 0.310 e. The first kappa shape index (κ1) is 12.6. The topological polar surface area (TPSA) is 12.0 Å². The van der Waals surface area contributed by atoms with E-state index in [1.165, 1.54) is 36.8 Å². The molecule has 0 aromatic heterocycles. The van der Waals surface area contributed by atoms with Gasteiger partial charge in [0.05, 0.1) is 0 Å². The number of hydrogen-bond donors (Lipinski definition) is 1. The standard InChI is InChI=1S/C16H25N/c1-4-10-17-15(11-14-8-9-14)16-12(2)6-5-7-13(16)3/h5-7,14-15,17H,4,8-11H2,1-3H3. The highest BCUT2D eigenvalue weighted by Gasteiger charge is 2.27. The Morgan fingerprint density at radius 1 is 1.24 bits per heavy atom. The fourth-order valence-electron chi connectivity index (χ4n) is 2.69. The van der Waals surface area contributed by atoms with Crippen LogP contribution in [0, 0.1) is 19.8 Å². The third-order valence-electron chi connectivity index (χ3n) is 3.80. The first-order valence-electron chi connectivity index (χ1n) is 7.02. The van der Waals surface area contributed by atoms with Crippen LogP contribution in [-0.4, -0.2) is 6.54 Å². The molecule has 1 aromatic carbocycles. The molecular weight excluding hydrogens is 206 g/mol. The van der Waals surface area contributed by atoms with Gasteiger partial charge in [0.2, 0.25) is 0 Å². The summed E-state index contributed by atoms with van der Waals surface area (Å²) in [6.45, 7) is 7.86. The van der Waals surface area contributed by atoms with Crippen LogP contribution in [-0.2, 0) is 0 Å². The molecule has 1 aliphatic rings. The molecule has 0 aliphatic heterocycles. The van der Waals surface area contributed by atoms with Crippen LogP contribution in [0.2, 0.25) is 0 Å². The average Bonchev–Trinajstić information content (AvgIpc) is 3.09. The number of aryl methyl sites for hydroxylation is 2. The minimum atomic E-state index is 0.573. The summed E-state index contributed by atoms with van der Waals surface area (Å²) >= 11 is 0. The van der Waals surface area contributed by atoms with Crippen LogP contribution in [0.4, 0.5) is 0 Å². The van der Waals surface area contributed by atoms with E-state index in [0.717, 1.165) is 12.5 Å². The molecule has 1 fully saturated rings. The zero-order valence-electron chi connectivity index (χ0n) is 11.4. The zero-order valence-corrected chi connectivity index (χ0v) is 11.4. The maximum absolute atomic E-state index is 3.74. The number of hydrogen-bond acceptors (Lipinski definition) is 1. The van der Waals surface area contributed by atoms with Gasteiger partial charge in [0, 0.05) is 6.04 Å². The van der Waals surface area contributed by atoms with Gasteiger partial charge >= 0.3 is 0 Å². The lowest BCUT2D eigenvalue weighted by atomic mass is 9.92. The Morgan fingerprint density at radius 2 is 1.88 bits per heavy atom. The van der Waals surface area contributed by atoms with E-state index in [1.54, 1.807) is 5.56 Å². The van der Waals surface area contributed by atoms with E-state index in [0.29, 0.717) is 6.04 Å². The fraction of sp³-hybridized carbons (Fsp3) is 0.625. The molecule has 1 unspecified atom stereocenters. The minimum Gasteiger partial charge on any atom is -0.310 e. The van der Waals surface area contributed by atoms with E-state index >= 15 is 0 Å². The van der Waals surface area contributed by atoms with Crippen LogP contribution in [0.1, 0.15) is 55.3 Å². The smallest absolute Gasteiger partial charge is 0.0328 e. The molecule has 0 bridgehead atoms. The maximum Gasteiger partial charge on any atom is 0.0328 e. The second-order valence-electron chi connectivity index (χ2n) is 5.49. The van der Waals surface area contributed by atoms with Crippen molar-refractivity contribution in [1.82, 2.24) is 5.32 Å². The van der Waals surface area contributed by atoms with Gasteiger partial charge in [-0.2, -0.15) is 0 Å². The van der Waals surface area contributed by atoms with E-state index in [1.807, 2.05) is 0 Å². The van der Waals surface area contributed by atoms with Gasteiger partial charge in [-0.1, -0.05) is 38.0 Å². The second kappa shape index (κ2) is 5.68. The summed E-state index contributed by atoms with van der Waals surface area (Å²) in [4.78, 5) is 0. The lowest BCUT2D eigenvalue weighted by Crippen LogP contribution is -2.24. The third kappa shape index (κ3) is 3.32. The summed E-state index contributed by atoms with van der Waals surface area (Å²) in [5.74, 6) is 0.975. The van der Waals surface area contributed by atoms with Crippen molar-refractivity contribution in [3.63, 3.8) is 0 Å². The van der Waals surface area contributed by atoms with Crippen molar-refractivity contribution < 1.29 is 0 Å². The molecule has 1 N–H and O–H groups in total. The molecule has 94 valence electrons. The average molecular weight is 231 g/mol. The van der Waals surface area contributed by atoms with Gasteiger partial charge in [0.25, 0.3) is 0 Å². The molecule has 0 spiro atoms. The van der Waals surface area contributed by atoms with E-state index in [9.17, 15) is 0 Å². The van der Waals surface area contributed by atoms with E-state index < -0.39 is 0 Å². The number of rotatable bonds is 6. The van der Waals surface area contributed by atoms with Crippen molar-refractivity contribution in [2.45, 2.75) is 52.5 Å². The Hall–Kier alpha value is -0.820. The van der Waals surface area contributed by atoms with Gasteiger partial charge in [-0.25, -0.2) is 0 Å². The van der Waals surface area contributed by atoms with Crippen LogP contribution in [0.5, 0.6) is 0 Å². The van der Waals surface area contributed by atoms with Gasteiger partial charge < -0.3 is 5.32 Å². The maximum atomic E-state index is 3.74. The van der Waals surface area contributed by atoms with E-state index in [2.05, 4.69) is 44.3 Å². The summed E-state index contributed by atoms with van der Waals surface area (Å²) in [6.07, 6.45) is 5.42. The fourth-order valence-corrected chi connectivity index (χ4v) is 2.69. The predicted molar refractivity (Wildman–Crippen MR) is 74.3 cm³/mol. The Balaban J connectivity index is 2.16.